The van der Waals surface area contributed by atoms with Gasteiger partial charge in [0.05, 0.1) is 0 Å². The van der Waals surface area contributed by atoms with Gasteiger partial charge in [0.1, 0.15) is 6.29 Å². The van der Waals surface area contributed by atoms with Crippen LogP contribution >= 0.6 is 0 Å². The van der Waals surface area contributed by atoms with Crippen LogP contribution in [-0.4, -0.2) is 13.1 Å². The largest absolute Gasteiger partial charge is 0.454 e. The van der Waals surface area contributed by atoms with Crippen LogP contribution in [0.25, 0.3) is 0 Å². The van der Waals surface area contributed by atoms with Crippen LogP contribution in [0.5, 0.6) is 11.5 Å². The van der Waals surface area contributed by atoms with Crippen LogP contribution in [0, 0.1) is 0 Å². The lowest BCUT2D eigenvalue weighted by atomic mass is 9.86. The van der Waals surface area contributed by atoms with Gasteiger partial charge in [0, 0.05) is 5.41 Å². The Morgan fingerprint density at radius 1 is 1.29 bits per heavy atom. The zero-order chi connectivity index (χ0) is 10.2. The molecule has 0 bridgehead atoms. The summed E-state index contributed by atoms with van der Waals surface area (Å²) in [5, 5.41) is 0. The number of hydrogen-bond donors (Lipinski definition) is 0. The van der Waals surface area contributed by atoms with E-state index in [1.165, 1.54) is 0 Å². The van der Waals surface area contributed by atoms with E-state index < -0.39 is 5.41 Å². The first-order valence-electron chi connectivity index (χ1n) is 4.50. The number of fused-ring (bicyclic) bond motifs is 1. The number of carbonyl (C=O) groups is 1. The maximum absolute atomic E-state index is 10.9. The van der Waals surface area contributed by atoms with Gasteiger partial charge in [0.2, 0.25) is 6.79 Å². The van der Waals surface area contributed by atoms with Gasteiger partial charge in [0.25, 0.3) is 0 Å². The van der Waals surface area contributed by atoms with Crippen LogP contribution in [0.2, 0.25) is 0 Å². The van der Waals surface area contributed by atoms with Gasteiger partial charge in [-0.15, -0.1) is 0 Å². The van der Waals surface area contributed by atoms with Crippen molar-refractivity contribution in [3.8, 4) is 11.5 Å². The van der Waals surface area contributed by atoms with Gasteiger partial charge in [-0.2, -0.15) is 0 Å². The van der Waals surface area contributed by atoms with E-state index in [1.54, 1.807) is 0 Å². The highest BCUT2D eigenvalue weighted by Gasteiger charge is 2.22. The molecule has 1 heterocycles. The molecule has 0 unspecified atom stereocenters. The third-order valence-electron chi connectivity index (χ3n) is 2.41. The monoisotopic (exact) mass is 192 g/mol. The molecule has 0 fully saturated rings. The minimum absolute atomic E-state index is 0.264. The molecule has 2 rings (SSSR count). The molecule has 3 heteroatoms. The third kappa shape index (κ3) is 1.35. The molecule has 74 valence electrons. The van der Waals surface area contributed by atoms with Crippen molar-refractivity contribution in [3.63, 3.8) is 0 Å². The van der Waals surface area contributed by atoms with Gasteiger partial charge in [-0.05, 0) is 31.5 Å². The molecule has 1 aromatic rings. The second kappa shape index (κ2) is 3.01. The molecule has 0 N–H and O–H groups in total. The van der Waals surface area contributed by atoms with Crippen LogP contribution < -0.4 is 9.47 Å². The number of carbonyl (C=O) groups excluding carboxylic acids is 1. The molecule has 0 aromatic heterocycles. The highest BCUT2D eigenvalue weighted by molar-refractivity contribution is 5.68. The average Bonchev–Trinajstić information content (AvgIpc) is 2.64. The van der Waals surface area contributed by atoms with Crippen LogP contribution in [0.3, 0.4) is 0 Å². The summed E-state index contributed by atoms with van der Waals surface area (Å²) in [6, 6.07) is 5.58. The molecule has 0 radical (unpaired) electrons. The standard InChI is InChI=1S/C11H12O3/c1-11(2,6-12)8-3-4-9-10(5-8)14-7-13-9/h3-6H,7H2,1-2H3. The number of benzene rings is 1. The molecule has 1 aromatic carbocycles. The number of aldehydes is 1. The maximum atomic E-state index is 10.9. The van der Waals surface area contributed by atoms with Crippen LogP contribution in [-0.2, 0) is 10.2 Å². The lowest BCUT2D eigenvalue weighted by Gasteiger charge is -2.17. The van der Waals surface area contributed by atoms with E-state index >= 15 is 0 Å². The Balaban J connectivity index is 2.42. The Bertz CT molecular complexity index is 369. The Labute approximate surface area is 82.6 Å². The van der Waals surface area contributed by atoms with E-state index in [1.807, 2.05) is 32.0 Å². The van der Waals surface area contributed by atoms with Crippen molar-refractivity contribution in [2.24, 2.45) is 0 Å². The smallest absolute Gasteiger partial charge is 0.231 e. The van der Waals surface area contributed by atoms with Gasteiger partial charge in [-0.1, -0.05) is 6.07 Å². The van der Waals surface area contributed by atoms with Crippen molar-refractivity contribution in [1.29, 1.82) is 0 Å². The van der Waals surface area contributed by atoms with Crippen LogP contribution in [0.4, 0.5) is 0 Å². The Morgan fingerprint density at radius 3 is 2.71 bits per heavy atom. The molecule has 1 aliphatic heterocycles. The Kier molecular flexibility index (Phi) is 1.95. The quantitative estimate of drug-likeness (QED) is 0.671. The number of ether oxygens (including phenoxy) is 2. The molecular weight excluding hydrogens is 180 g/mol. The van der Waals surface area contributed by atoms with E-state index in [4.69, 9.17) is 9.47 Å². The molecule has 0 aliphatic carbocycles. The second-order valence-corrected chi connectivity index (χ2v) is 3.91. The first-order chi connectivity index (χ1) is 6.63. The molecule has 0 amide bonds. The summed E-state index contributed by atoms with van der Waals surface area (Å²) in [6.07, 6.45) is 0.935. The van der Waals surface area contributed by atoms with Crippen LogP contribution in [0.15, 0.2) is 18.2 Å². The van der Waals surface area contributed by atoms with Gasteiger partial charge >= 0.3 is 0 Å². The maximum Gasteiger partial charge on any atom is 0.231 e. The molecule has 3 nitrogen and oxygen atoms in total. The van der Waals surface area contributed by atoms with E-state index in [9.17, 15) is 4.79 Å². The lowest BCUT2D eigenvalue weighted by Crippen LogP contribution is -2.18. The Morgan fingerprint density at radius 2 is 2.00 bits per heavy atom. The van der Waals surface area contributed by atoms with Gasteiger partial charge in [-0.25, -0.2) is 0 Å². The zero-order valence-corrected chi connectivity index (χ0v) is 8.24. The first kappa shape index (κ1) is 9.06. The molecule has 0 saturated heterocycles. The summed E-state index contributed by atoms with van der Waals surface area (Å²) >= 11 is 0. The summed E-state index contributed by atoms with van der Waals surface area (Å²) < 4.78 is 10.4. The van der Waals surface area contributed by atoms with Crippen molar-refractivity contribution in [2.75, 3.05) is 6.79 Å². The lowest BCUT2D eigenvalue weighted by molar-refractivity contribution is -0.111. The van der Waals surface area contributed by atoms with Crippen molar-refractivity contribution in [3.05, 3.63) is 23.8 Å². The molecule has 0 saturated carbocycles. The third-order valence-corrected chi connectivity index (χ3v) is 2.41. The SMILES string of the molecule is CC(C)(C=O)c1ccc2c(c1)OCO2. The Hall–Kier alpha value is -1.51. The average molecular weight is 192 g/mol. The summed E-state index contributed by atoms with van der Waals surface area (Å²) in [5.74, 6) is 1.47. The van der Waals surface area contributed by atoms with E-state index in [0.29, 0.717) is 0 Å². The highest BCUT2D eigenvalue weighted by Crippen LogP contribution is 2.35. The fourth-order valence-electron chi connectivity index (χ4n) is 1.37. The summed E-state index contributed by atoms with van der Waals surface area (Å²) in [7, 11) is 0. The van der Waals surface area contributed by atoms with Crippen LogP contribution in [0.1, 0.15) is 19.4 Å². The van der Waals surface area contributed by atoms with Crippen molar-refractivity contribution >= 4 is 6.29 Å². The molecular formula is C11H12O3. The predicted octanol–water partition coefficient (Wildman–Crippen LogP) is 1.89. The zero-order valence-electron chi connectivity index (χ0n) is 8.24. The summed E-state index contributed by atoms with van der Waals surface area (Å²) in [5.41, 5.74) is 0.470. The first-order valence-corrected chi connectivity index (χ1v) is 4.50. The fraction of sp³-hybridized carbons (Fsp3) is 0.364. The number of rotatable bonds is 2. The minimum Gasteiger partial charge on any atom is -0.454 e. The predicted molar refractivity (Wildman–Crippen MR) is 51.7 cm³/mol. The van der Waals surface area contributed by atoms with Crippen molar-refractivity contribution < 1.29 is 14.3 Å². The number of hydrogen-bond acceptors (Lipinski definition) is 3. The normalized spacial score (nSPS) is 14.1. The van der Waals surface area contributed by atoms with Crippen molar-refractivity contribution in [2.45, 2.75) is 19.3 Å². The van der Waals surface area contributed by atoms with Crippen molar-refractivity contribution in [1.82, 2.24) is 0 Å². The van der Waals surface area contributed by atoms with Gasteiger partial charge < -0.3 is 14.3 Å². The van der Waals surface area contributed by atoms with Gasteiger partial charge in [0.15, 0.2) is 11.5 Å². The fourth-order valence-corrected chi connectivity index (χ4v) is 1.37. The topological polar surface area (TPSA) is 35.5 Å². The van der Waals surface area contributed by atoms with Gasteiger partial charge in [-0.3, -0.25) is 0 Å². The highest BCUT2D eigenvalue weighted by atomic mass is 16.7. The molecule has 14 heavy (non-hydrogen) atoms. The summed E-state index contributed by atoms with van der Waals surface area (Å²) in [6.45, 7) is 4.01. The molecule has 1 aliphatic rings. The van der Waals surface area contributed by atoms with E-state index in [-0.39, 0.29) is 6.79 Å². The van der Waals surface area contributed by atoms with E-state index in [0.717, 1.165) is 23.3 Å². The molecule has 0 atom stereocenters. The molecule has 0 spiro atoms. The summed E-state index contributed by atoms with van der Waals surface area (Å²) in [4.78, 5) is 10.9. The second-order valence-electron chi connectivity index (χ2n) is 3.91. The minimum atomic E-state index is -0.471. The van der Waals surface area contributed by atoms with E-state index in [2.05, 4.69) is 0 Å².